The van der Waals surface area contributed by atoms with Crippen LogP contribution in [0.3, 0.4) is 0 Å². The molecular formula is C16H13Cl2N3O2. The molecule has 0 aliphatic carbocycles. The van der Waals surface area contributed by atoms with Gasteiger partial charge in [0.1, 0.15) is 5.71 Å². The first-order valence-corrected chi connectivity index (χ1v) is 7.62. The third-order valence-electron chi connectivity index (χ3n) is 3.63. The first-order chi connectivity index (χ1) is 11.0. The number of hydrogen-bond donors (Lipinski definition) is 2. The van der Waals surface area contributed by atoms with Crippen molar-refractivity contribution in [2.45, 2.75) is 12.5 Å². The number of carboxylic acid groups (broad SMARTS) is 1. The standard InChI is InChI=1S/C16H13Cl2N3O2/c17-10-3-1-9(2-4-10)15-8-13(16(22)23)20-21(15)14-6-5-11(19)7-12(14)18/h1-7,15H,8,19H2,(H,22,23). The lowest BCUT2D eigenvalue weighted by Crippen LogP contribution is -2.19. The molecule has 5 nitrogen and oxygen atoms in total. The number of carboxylic acids is 1. The van der Waals surface area contributed by atoms with E-state index in [9.17, 15) is 9.90 Å². The van der Waals surface area contributed by atoms with Gasteiger partial charge in [0, 0.05) is 17.1 Å². The molecule has 0 saturated carbocycles. The van der Waals surface area contributed by atoms with E-state index in [0.717, 1.165) is 5.56 Å². The first kappa shape index (κ1) is 15.6. The SMILES string of the molecule is Nc1ccc(N2N=C(C(=O)O)CC2c2ccc(Cl)cc2)c(Cl)c1. The van der Waals surface area contributed by atoms with E-state index in [1.807, 2.05) is 12.1 Å². The highest BCUT2D eigenvalue weighted by atomic mass is 35.5. The Morgan fingerprint density at radius 1 is 1.22 bits per heavy atom. The van der Waals surface area contributed by atoms with Crippen molar-refractivity contribution in [3.63, 3.8) is 0 Å². The minimum absolute atomic E-state index is 0.0813. The summed E-state index contributed by atoms with van der Waals surface area (Å²) in [6.45, 7) is 0. The molecule has 0 amide bonds. The lowest BCUT2D eigenvalue weighted by Gasteiger charge is -2.25. The Morgan fingerprint density at radius 2 is 1.91 bits per heavy atom. The molecule has 1 heterocycles. The zero-order valence-corrected chi connectivity index (χ0v) is 13.4. The fraction of sp³-hybridized carbons (Fsp3) is 0.125. The summed E-state index contributed by atoms with van der Waals surface area (Å²) in [7, 11) is 0. The maximum Gasteiger partial charge on any atom is 0.352 e. The number of halogens is 2. The van der Waals surface area contributed by atoms with Crippen LogP contribution in [0.25, 0.3) is 0 Å². The van der Waals surface area contributed by atoms with E-state index in [0.29, 0.717) is 21.4 Å². The number of nitrogens with two attached hydrogens (primary N) is 1. The molecule has 0 fully saturated rings. The first-order valence-electron chi connectivity index (χ1n) is 6.86. The molecule has 1 aliphatic heterocycles. The predicted molar refractivity (Wildman–Crippen MR) is 92.2 cm³/mol. The van der Waals surface area contributed by atoms with Gasteiger partial charge in [-0.25, -0.2) is 4.79 Å². The van der Waals surface area contributed by atoms with Crippen LogP contribution in [0.15, 0.2) is 47.6 Å². The minimum Gasteiger partial charge on any atom is -0.477 e. The second kappa shape index (κ2) is 6.10. The van der Waals surface area contributed by atoms with E-state index in [-0.39, 0.29) is 18.2 Å². The molecule has 0 aromatic heterocycles. The molecule has 0 saturated heterocycles. The number of aliphatic carboxylic acids is 1. The number of hydrazone groups is 1. The van der Waals surface area contributed by atoms with E-state index >= 15 is 0 Å². The molecule has 1 aliphatic rings. The van der Waals surface area contributed by atoms with Gasteiger partial charge in [-0.2, -0.15) is 5.10 Å². The topological polar surface area (TPSA) is 78.9 Å². The highest BCUT2D eigenvalue weighted by Gasteiger charge is 2.33. The van der Waals surface area contributed by atoms with Crippen LogP contribution in [0.2, 0.25) is 10.0 Å². The fourth-order valence-electron chi connectivity index (χ4n) is 2.51. The zero-order valence-electron chi connectivity index (χ0n) is 11.9. The van der Waals surface area contributed by atoms with E-state index < -0.39 is 5.97 Å². The number of hydrogen-bond acceptors (Lipinski definition) is 4. The van der Waals surface area contributed by atoms with Crippen molar-refractivity contribution in [1.29, 1.82) is 0 Å². The summed E-state index contributed by atoms with van der Waals surface area (Å²) in [4.78, 5) is 11.3. The summed E-state index contributed by atoms with van der Waals surface area (Å²) in [5.41, 5.74) is 7.84. The van der Waals surface area contributed by atoms with Crippen molar-refractivity contribution in [2.75, 3.05) is 10.7 Å². The maximum atomic E-state index is 11.3. The van der Waals surface area contributed by atoms with Gasteiger partial charge in [-0.15, -0.1) is 0 Å². The van der Waals surface area contributed by atoms with Crippen LogP contribution in [0.5, 0.6) is 0 Å². The zero-order chi connectivity index (χ0) is 16.6. The number of carbonyl (C=O) groups is 1. The van der Waals surface area contributed by atoms with Crippen molar-refractivity contribution in [3.05, 3.63) is 58.1 Å². The highest BCUT2D eigenvalue weighted by Crippen LogP contribution is 2.39. The van der Waals surface area contributed by atoms with Gasteiger partial charge in [-0.05, 0) is 35.9 Å². The average molecular weight is 350 g/mol. The van der Waals surface area contributed by atoms with Gasteiger partial charge in [-0.3, -0.25) is 5.01 Å². The molecule has 3 rings (SSSR count). The second-order valence-corrected chi connectivity index (χ2v) is 6.02. The second-order valence-electron chi connectivity index (χ2n) is 5.18. The molecule has 23 heavy (non-hydrogen) atoms. The molecule has 118 valence electrons. The Balaban J connectivity index is 2.04. The van der Waals surface area contributed by atoms with E-state index in [2.05, 4.69) is 5.10 Å². The molecule has 1 atom stereocenters. The van der Waals surface area contributed by atoms with Gasteiger partial charge in [0.05, 0.1) is 16.8 Å². The number of nitrogen functional groups attached to an aromatic ring is 1. The molecule has 2 aromatic rings. The van der Waals surface area contributed by atoms with Crippen molar-refractivity contribution >= 4 is 46.3 Å². The van der Waals surface area contributed by atoms with Crippen LogP contribution >= 0.6 is 23.2 Å². The van der Waals surface area contributed by atoms with Crippen molar-refractivity contribution in [2.24, 2.45) is 5.10 Å². The molecular weight excluding hydrogens is 337 g/mol. The third-order valence-corrected chi connectivity index (χ3v) is 4.19. The summed E-state index contributed by atoms with van der Waals surface area (Å²) in [6.07, 6.45) is 0.275. The summed E-state index contributed by atoms with van der Waals surface area (Å²) < 4.78 is 0. The van der Waals surface area contributed by atoms with Gasteiger partial charge in [0.15, 0.2) is 0 Å². The predicted octanol–water partition coefficient (Wildman–Crippen LogP) is 3.97. The van der Waals surface area contributed by atoms with Gasteiger partial charge in [-0.1, -0.05) is 35.3 Å². The molecule has 2 aromatic carbocycles. The Labute approximate surface area is 142 Å². The monoisotopic (exact) mass is 349 g/mol. The molecule has 3 N–H and O–H groups in total. The Hall–Kier alpha value is -2.24. The molecule has 0 bridgehead atoms. The number of nitrogens with zero attached hydrogens (tertiary/aromatic N) is 2. The smallest absolute Gasteiger partial charge is 0.352 e. The third kappa shape index (κ3) is 3.11. The van der Waals surface area contributed by atoms with Crippen LogP contribution in [0, 0.1) is 0 Å². The Kier molecular flexibility index (Phi) is 4.15. The minimum atomic E-state index is -1.04. The number of benzene rings is 2. The Bertz CT molecular complexity index is 790. The van der Waals surface area contributed by atoms with Crippen molar-refractivity contribution in [3.8, 4) is 0 Å². The number of anilines is 2. The van der Waals surface area contributed by atoms with Crippen molar-refractivity contribution in [1.82, 2.24) is 0 Å². The van der Waals surface area contributed by atoms with Crippen LogP contribution in [-0.2, 0) is 4.79 Å². The van der Waals surface area contributed by atoms with Gasteiger partial charge >= 0.3 is 5.97 Å². The normalized spacial score (nSPS) is 17.2. The van der Waals surface area contributed by atoms with Crippen LogP contribution in [0.4, 0.5) is 11.4 Å². The lowest BCUT2D eigenvalue weighted by molar-refractivity contribution is -0.129. The summed E-state index contributed by atoms with van der Waals surface area (Å²) in [5.74, 6) is -1.04. The lowest BCUT2D eigenvalue weighted by atomic mass is 10.0. The molecule has 7 heteroatoms. The number of rotatable bonds is 3. The summed E-state index contributed by atoms with van der Waals surface area (Å²) >= 11 is 12.2. The summed E-state index contributed by atoms with van der Waals surface area (Å²) in [6, 6.07) is 12.0. The van der Waals surface area contributed by atoms with Gasteiger partial charge in [0.25, 0.3) is 0 Å². The van der Waals surface area contributed by atoms with E-state index in [4.69, 9.17) is 28.9 Å². The van der Waals surface area contributed by atoms with Gasteiger partial charge in [0.2, 0.25) is 0 Å². The summed E-state index contributed by atoms with van der Waals surface area (Å²) in [5, 5.41) is 16.1. The van der Waals surface area contributed by atoms with Gasteiger partial charge < -0.3 is 10.8 Å². The quantitative estimate of drug-likeness (QED) is 0.821. The molecule has 0 spiro atoms. The van der Waals surface area contributed by atoms with Crippen LogP contribution in [0.1, 0.15) is 18.0 Å². The largest absolute Gasteiger partial charge is 0.477 e. The highest BCUT2D eigenvalue weighted by molar-refractivity contribution is 6.37. The molecule has 0 radical (unpaired) electrons. The van der Waals surface area contributed by atoms with Crippen LogP contribution in [-0.4, -0.2) is 16.8 Å². The van der Waals surface area contributed by atoms with E-state index in [1.165, 1.54) is 0 Å². The van der Waals surface area contributed by atoms with E-state index in [1.54, 1.807) is 35.3 Å². The van der Waals surface area contributed by atoms with Crippen LogP contribution < -0.4 is 10.7 Å². The fourth-order valence-corrected chi connectivity index (χ4v) is 2.92. The maximum absolute atomic E-state index is 11.3. The average Bonchev–Trinajstić information content (AvgIpc) is 2.93. The Morgan fingerprint density at radius 3 is 2.52 bits per heavy atom. The van der Waals surface area contributed by atoms with Crippen molar-refractivity contribution < 1.29 is 9.90 Å². The molecule has 1 unspecified atom stereocenters.